The van der Waals surface area contributed by atoms with Crippen LogP contribution >= 0.6 is 11.6 Å². The first-order chi connectivity index (χ1) is 22.8. The van der Waals surface area contributed by atoms with E-state index in [0.29, 0.717) is 72.0 Å². The number of benzene rings is 1. The molecular formula is C34H38ClN7O5. The van der Waals surface area contributed by atoms with Crippen LogP contribution in [0.4, 0.5) is 5.69 Å². The number of pyridine rings is 3. The van der Waals surface area contributed by atoms with Gasteiger partial charge in [-0.25, -0.2) is 9.97 Å². The maximum Gasteiger partial charge on any atom is 0.274 e. The molecule has 2 amide bonds. The number of halogens is 1. The standard InChI is InChI=1S/C34H38ClN7O5/c1-20-24(5-4-6-26(20)40-32(45)28-11-8-21(17-36-15-16-43)34(42-28)47-3)31-30(35)25(13-14-38-31)27-10-7-22(33(41-27)46-2)18-37-19-23-9-12-29(44)39-23/h4-8,10-11,13-14,23,36-37,43H,9,12,15-19H2,1-3H3,(H,39,44)(H,40,45)/t23-/m1/s1. The summed E-state index contributed by atoms with van der Waals surface area (Å²) in [6, 6.07) is 14.7. The Morgan fingerprint density at radius 3 is 2.47 bits per heavy atom. The summed E-state index contributed by atoms with van der Waals surface area (Å²) in [7, 11) is 3.07. The minimum Gasteiger partial charge on any atom is -0.481 e. The van der Waals surface area contributed by atoms with Crippen LogP contribution < -0.4 is 30.7 Å². The molecule has 0 radical (unpaired) electrons. The Balaban J connectivity index is 1.34. The van der Waals surface area contributed by atoms with Gasteiger partial charge in [-0.2, -0.15) is 0 Å². The summed E-state index contributed by atoms with van der Waals surface area (Å²) in [6.07, 6.45) is 3.06. The molecule has 0 spiro atoms. The molecule has 0 unspecified atom stereocenters. The third-order valence-corrected chi connectivity index (χ3v) is 8.28. The van der Waals surface area contributed by atoms with Gasteiger partial charge in [0.05, 0.1) is 37.2 Å². The molecule has 4 heterocycles. The number of nitrogens with one attached hydrogen (secondary N) is 4. The van der Waals surface area contributed by atoms with E-state index in [4.69, 9.17) is 31.2 Å². The van der Waals surface area contributed by atoms with Crippen LogP contribution in [0.5, 0.6) is 11.8 Å². The van der Waals surface area contributed by atoms with Gasteiger partial charge in [0.1, 0.15) is 5.69 Å². The van der Waals surface area contributed by atoms with Crippen LogP contribution in [0.15, 0.2) is 54.7 Å². The van der Waals surface area contributed by atoms with Gasteiger partial charge in [0.2, 0.25) is 17.7 Å². The molecule has 0 saturated carbocycles. The molecule has 0 bridgehead atoms. The van der Waals surface area contributed by atoms with Gasteiger partial charge in [-0.3, -0.25) is 14.6 Å². The van der Waals surface area contributed by atoms with E-state index in [1.165, 1.54) is 7.11 Å². The van der Waals surface area contributed by atoms with E-state index in [1.807, 2.05) is 31.2 Å². The van der Waals surface area contributed by atoms with Crippen LogP contribution in [0.2, 0.25) is 5.02 Å². The molecule has 1 atom stereocenters. The molecule has 13 heteroatoms. The van der Waals surface area contributed by atoms with E-state index in [0.717, 1.165) is 28.7 Å². The van der Waals surface area contributed by atoms with E-state index in [9.17, 15) is 9.59 Å². The van der Waals surface area contributed by atoms with Crippen LogP contribution in [-0.4, -0.2) is 71.8 Å². The fourth-order valence-corrected chi connectivity index (χ4v) is 5.70. The second-order valence-corrected chi connectivity index (χ2v) is 11.4. The van der Waals surface area contributed by atoms with Crippen LogP contribution in [0, 0.1) is 6.92 Å². The minimum atomic E-state index is -0.398. The zero-order valence-corrected chi connectivity index (χ0v) is 27.3. The first-order valence-electron chi connectivity index (χ1n) is 15.3. The molecule has 3 aromatic heterocycles. The Bertz CT molecular complexity index is 1750. The average Bonchev–Trinajstić information content (AvgIpc) is 3.50. The van der Waals surface area contributed by atoms with Crippen LogP contribution in [0.25, 0.3) is 22.5 Å². The summed E-state index contributed by atoms with van der Waals surface area (Å²) >= 11 is 6.98. The largest absolute Gasteiger partial charge is 0.481 e. The highest BCUT2D eigenvalue weighted by Crippen LogP contribution is 2.38. The van der Waals surface area contributed by atoms with Gasteiger partial charge in [0.15, 0.2) is 0 Å². The smallest absolute Gasteiger partial charge is 0.274 e. The van der Waals surface area contributed by atoms with Crippen molar-refractivity contribution in [2.24, 2.45) is 0 Å². The minimum absolute atomic E-state index is 0.0150. The SMILES string of the molecule is COc1nc(C(=O)Nc2cccc(-c3nccc(-c4ccc(CNC[C@H]5CCC(=O)N5)c(OC)n4)c3Cl)c2C)ccc1CNCCO. The molecule has 1 fully saturated rings. The van der Waals surface area contributed by atoms with Gasteiger partial charge >= 0.3 is 0 Å². The first kappa shape index (κ1) is 33.7. The van der Waals surface area contributed by atoms with E-state index in [1.54, 1.807) is 37.6 Å². The number of anilines is 1. The molecule has 1 aromatic carbocycles. The van der Waals surface area contributed by atoms with Crippen molar-refractivity contribution < 1.29 is 24.2 Å². The van der Waals surface area contributed by atoms with Gasteiger partial charge in [0.25, 0.3) is 5.91 Å². The van der Waals surface area contributed by atoms with Crippen molar-refractivity contribution in [1.29, 1.82) is 0 Å². The van der Waals surface area contributed by atoms with Crippen molar-refractivity contribution in [1.82, 2.24) is 30.9 Å². The molecule has 1 aliphatic heterocycles. The fourth-order valence-electron chi connectivity index (χ4n) is 5.39. The summed E-state index contributed by atoms with van der Waals surface area (Å²) in [6.45, 7) is 3.97. The van der Waals surface area contributed by atoms with Gasteiger partial charge in [-0.05, 0) is 49.2 Å². The number of aliphatic hydroxyl groups is 1. The lowest BCUT2D eigenvalue weighted by atomic mass is 10.0. The highest BCUT2D eigenvalue weighted by atomic mass is 35.5. The Hall–Kier alpha value is -4.62. The van der Waals surface area contributed by atoms with Crippen LogP contribution in [0.1, 0.15) is 40.0 Å². The number of aliphatic hydroxyl groups excluding tert-OH is 1. The van der Waals surface area contributed by atoms with Gasteiger partial charge in [-0.15, -0.1) is 0 Å². The number of hydrogen-bond donors (Lipinski definition) is 5. The second-order valence-electron chi connectivity index (χ2n) is 11.0. The number of ether oxygens (including phenoxy) is 2. The number of carbonyl (C=O) groups excluding carboxylic acids is 2. The third-order valence-electron chi connectivity index (χ3n) is 7.89. The third kappa shape index (κ3) is 8.03. The Labute approximate surface area is 278 Å². The summed E-state index contributed by atoms with van der Waals surface area (Å²) in [5, 5.41) is 21.8. The Morgan fingerprint density at radius 2 is 1.74 bits per heavy atom. The number of hydrogen-bond acceptors (Lipinski definition) is 10. The van der Waals surface area contributed by atoms with E-state index in [2.05, 4.69) is 31.2 Å². The maximum absolute atomic E-state index is 13.2. The monoisotopic (exact) mass is 659 g/mol. The predicted octanol–water partition coefficient (Wildman–Crippen LogP) is 3.89. The average molecular weight is 660 g/mol. The van der Waals surface area contributed by atoms with E-state index in [-0.39, 0.29) is 24.2 Å². The summed E-state index contributed by atoms with van der Waals surface area (Å²) in [5.74, 6) is 0.491. The second kappa shape index (κ2) is 15.8. The van der Waals surface area contributed by atoms with Gasteiger partial charge < -0.3 is 35.8 Å². The van der Waals surface area contributed by atoms with Crippen LogP contribution in [0.3, 0.4) is 0 Å². The number of rotatable bonds is 14. The fraction of sp³-hybridized carbons (Fsp3) is 0.324. The number of aromatic nitrogens is 3. The zero-order valence-electron chi connectivity index (χ0n) is 26.5. The number of carbonyl (C=O) groups is 2. The zero-order chi connectivity index (χ0) is 33.3. The lowest BCUT2D eigenvalue weighted by Crippen LogP contribution is -2.35. The Morgan fingerprint density at radius 1 is 1.00 bits per heavy atom. The molecule has 47 heavy (non-hydrogen) atoms. The maximum atomic E-state index is 13.2. The predicted molar refractivity (Wildman–Crippen MR) is 180 cm³/mol. The summed E-state index contributed by atoms with van der Waals surface area (Å²) in [5.41, 5.74) is 5.80. The molecule has 1 saturated heterocycles. The number of nitrogens with zero attached hydrogens (tertiary/aromatic N) is 3. The lowest BCUT2D eigenvalue weighted by molar-refractivity contribution is -0.119. The van der Waals surface area contributed by atoms with Crippen molar-refractivity contribution in [3.63, 3.8) is 0 Å². The molecule has 4 aromatic rings. The topological polar surface area (TPSA) is 160 Å². The molecule has 1 aliphatic rings. The molecule has 0 aliphatic carbocycles. The van der Waals surface area contributed by atoms with Crippen molar-refractivity contribution >= 4 is 29.1 Å². The number of methoxy groups -OCH3 is 2. The van der Waals surface area contributed by atoms with Gasteiger partial charge in [-0.1, -0.05) is 29.8 Å². The normalized spacial score (nSPS) is 14.1. The lowest BCUT2D eigenvalue weighted by Gasteiger charge is -2.16. The molecule has 5 N–H and O–H groups in total. The molecule has 12 nitrogen and oxygen atoms in total. The van der Waals surface area contributed by atoms with Crippen molar-refractivity contribution in [2.45, 2.75) is 38.9 Å². The first-order valence-corrected chi connectivity index (χ1v) is 15.7. The van der Waals surface area contributed by atoms with Crippen molar-refractivity contribution in [3.8, 4) is 34.3 Å². The van der Waals surface area contributed by atoms with Crippen molar-refractivity contribution in [2.75, 3.05) is 39.2 Å². The number of amides is 2. The highest BCUT2D eigenvalue weighted by Gasteiger charge is 2.21. The molecule has 5 rings (SSSR count). The van der Waals surface area contributed by atoms with Gasteiger partial charge in [0, 0.05) is 72.8 Å². The quantitative estimate of drug-likeness (QED) is 0.126. The van der Waals surface area contributed by atoms with Crippen molar-refractivity contribution in [3.05, 3.63) is 82.1 Å². The van der Waals surface area contributed by atoms with E-state index >= 15 is 0 Å². The summed E-state index contributed by atoms with van der Waals surface area (Å²) < 4.78 is 11.0. The Kier molecular flexibility index (Phi) is 11.3. The van der Waals surface area contributed by atoms with E-state index < -0.39 is 5.91 Å². The molecule has 246 valence electrons. The summed E-state index contributed by atoms with van der Waals surface area (Å²) in [4.78, 5) is 38.4. The molecular weight excluding hydrogens is 622 g/mol. The highest BCUT2D eigenvalue weighted by molar-refractivity contribution is 6.35. The van der Waals surface area contributed by atoms with Crippen LogP contribution in [-0.2, 0) is 17.9 Å².